The van der Waals surface area contributed by atoms with Crippen molar-refractivity contribution in [2.45, 2.75) is 61.3 Å². The maximum atomic E-state index is 5.82. The molecule has 2 unspecified atom stereocenters. The van der Waals surface area contributed by atoms with Crippen LogP contribution >= 0.6 is 0 Å². The van der Waals surface area contributed by atoms with Gasteiger partial charge in [-0.2, -0.15) is 0 Å². The normalized spacial score (nSPS) is 29.5. The quantitative estimate of drug-likeness (QED) is 0.538. The third-order valence-electron chi connectivity index (χ3n) is 7.94. The van der Waals surface area contributed by atoms with Crippen molar-refractivity contribution in [3.63, 3.8) is 0 Å². The maximum Gasteiger partial charge on any atom is 0.165 e. The Morgan fingerprint density at radius 1 is 0.969 bits per heavy atom. The van der Waals surface area contributed by atoms with Gasteiger partial charge in [0.1, 0.15) is 6.67 Å². The number of oxime groups is 1. The molecule has 0 fully saturated rings. The molecule has 172 valence electrons. The van der Waals surface area contributed by atoms with Crippen LogP contribution in [0.15, 0.2) is 64.9 Å². The van der Waals surface area contributed by atoms with Crippen molar-refractivity contribution in [2.24, 2.45) is 31.8 Å². The van der Waals surface area contributed by atoms with Gasteiger partial charge in [0.15, 0.2) is 5.76 Å². The lowest BCUT2D eigenvalue weighted by Crippen LogP contribution is -2.36. The molecule has 1 aromatic rings. The summed E-state index contributed by atoms with van der Waals surface area (Å²) in [4.78, 5) is 10.3. The van der Waals surface area contributed by atoms with Crippen molar-refractivity contribution < 1.29 is 4.84 Å². The Hall–Kier alpha value is -2.62. The van der Waals surface area contributed by atoms with Gasteiger partial charge in [-0.1, -0.05) is 96.1 Å². The average molecular weight is 434 g/mol. The Bertz CT molecular complexity index is 933. The minimum Gasteiger partial charge on any atom is -0.373 e. The number of benzene rings is 1. The molecule has 2 heterocycles. The second kappa shape index (κ2) is 9.09. The summed E-state index contributed by atoms with van der Waals surface area (Å²) in [6.45, 7) is 16.5. The number of rotatable bonds is 6. The van der Waals surface area contributed by atoms with Gasteiger partial charge in [0.25, 0.3) is 0 Å². The highest BCUT2D eigenvalue weighted by Crippen LogP contribution is 2.43. The molecule has 4 heteroatoms. The summed E-state index contributed by atoms with van der Waals surface area (Å²) in [7, 11) is 0. The third kappa shape index (κ3) is 4.90. The van der Waals surface area contributed by atoms with Gasteiger partial charge >= 0.3 is 0 Å². The largest absolute Gasteiger partial charge is 0.373 e. The van der Waals surface area contributed by atoms with Crippen LogP contribution < -0.4 is 5.32 Å². The number of hydrogen-bond acceptors (Lipinski definition) is 4. The first-order valence-electron chi connectivity index (χ1n) is 11.6. The van der Waals surface area contributed by atoms with Crippen LogP contribution in [-0.4, -0.2) is 19.1 Å². The van der Waals surface area contributed by atoms with E-state index in [-0.39, 0.29) is 21.7 Å². The lowest BCUT2D eigenvalue weighted by molar-refractivity contribution is 0.205. The molecule has 0 aromatic heterocycles. The molecule has 4 nitrogen and oxygen atoms in total. The van der Waals surface area contributed by atoms with E-state index in [1.165, 1.54) is 5.56 Å². The molecule has 0 saturated heterocycles. The Labute approximate surface area is 194 Å². The van der Waals surface area contributed by atoms with Crippen LogP contribution in [0.25, 0.3) is 5.76 Å². The predicted molar refractivity (Wildman–Crippen MR) is 137 cm³/mol. The highest BCUT2D eigenvalue weighted by Gasteiger charge is 2.38. The Balaban J connectivity index is 1.77. The Kier molecular flexibility index (Phi) is 6.83. The van der Waals surface area contributed by atoms with Crippen LogP contribution in [0.3, 0.4) is 0 Å². The zero-order chi connectivity index (χ0) is 23.5. The molecule has 0 saturated carbocycles. The molecular formula is C28H39N3O. The van der Waals surface area contributed by atoms with E-state index < -0.39 is 0 Å². The first kappa shape index (κ1) is 24.0. The van der Waals surface area contributed by atoms with E-state index in [9.17, 15) is 0 Å². The number of allylic oxidation sites excluding steroid dienone is 4. The van der Waals surface area contributed by atoms with E-state index in [0.717, 1.165) is 24.2 Å². The van der Waals surface area contributed by atoms with Crippen LogP contribution in [0.5, 0.6) is 0 Å². The smallest absolute Gasteiger partial charge is 0.165 e. The standard InChI is InChI=1S/C28H39N3O/c1-8-25(2,3)27(6)15-9-10-24(32-31-20-27)23-13-11-22(12-14-23)18-26(4,5)28(7)16-17-29-21-30-19-28/h9-17,19-20,29H,8,18,21H2,1-7H3/b15-9-,24-10-,31-20-. The van der Waals surface area contributed by atoms with Gasteiger partial charge in [0, 0.05) is 22.6 Å². The van der Waals surface area contributed by atoms with Crippen molar-refractivity contribution in [2.75, 3.05) is 6.67 Å². The first-order valence-corrected chi connectivity index (χ1v) is 11.6. The molecule has 0 spiro atoms. The van der Waals surface area contributed by atoms with E-state index in [0.29, 0.717) is 6.67 Å². The topological polar surface area (TPSA) is 46.0 Å². The fourth-order valence-electron chi connectivity index (χ4n) is 4.04. The van der Waals surface area contributed by atoms with Gasteiger partial charge in [-0.05, 0) is 41.5 Å². The maximum absolute atomic E-state index is 5.82. The molecule has 2 aliphatic rings. The second-order valence-corrected chi connectivity index (χ2v) is 10.8. The second-order valence-electron chi connectivity index (χ2n) is 10.8. The van der Waals surface area contributed by atoms with Crippen LogP contribution in [-0.2, 0) is 11.3 Å². The summed E-state index contributed by atoms with van der Waals surface area (Å²) in [5.41, 5.74) is 2.17. The number of aliphatic imine (C=N–C) groups is 1. The van der Waals surface area contributed by atoms with Gasteiger partial charge in [-0.3, -0.25) is 4.99 Å². The molecule has 1 aromatic carbocycles. The first-order chi connectivity index (χ1) is 15.0. The SMILES string of the molecule is CCC(C)(C)C1(C)/C=C\C=C(\c2ccc(CC(C)(C)C3(C)C=CNCN=C3)cc2)O/N=C\1. The van der Waals surface area contributed by atoms with E-state index in [1.807, 2.05) is 18.5 Å². The van der Waals surface area contributed by atoms with Crippen LogP contribution in [0.1, 0.15) is 66.0 Å². The summed E-state index contributed by atoms with van der Waals surface area (Å²) >= 11 is 0. The van der Waals surface area contributed by atoms with Crippen LogP contribution in [0.4, 0.5) is 0 Å². The molecule has 3 rings (SSSR count). The molecule has 1 N–H and O–H groups in total. The fraction of sp³-hybridized carbons (Fsp3) is 0.500. The summed E-state index contributed by atoms with van der Waals surface area (Å²) in [5, 5.41) is 7.54. The number of nitrogens with zero attached hydrogens (tertiary/aromatic N) is 2. The van der Waals surface area contributed by atoms with E-state index in [4.69, 9.17) is 4.84 Å². The summed E-state index contributed by atoms with van der Waals surface area (Å²) in [6, 6.07) is 8.63. The molecule has 2 aliphatic heterocycles. The highest BCUT2D eigenvalue weighted by atomic mass is 16.6. The lowest BCUT2D eigenvalue weighted by Gasteiger charge is -2.39. The fourth-order valence-corrected chi connectivity index (χ4v) is 4.04. The predicted octanol–water partition coefficient (Wildman–Crippen LogP) is 6.76. The van der Waals surface area contributed by atoms with Gasteiger partial charge in [-0.25, -0.2) is 0 Å². The average Bonchev–Trinajstić information content (AvgIpc) is 2.97. The third-order valence-corrected chi connectivity index (χ3v) is 7.94. The zero-order valence-electron chi connectivity index (χ0n) is 20.8. The van der Waals surface area contributed by atoms with Crippen LogP contribution in [0, 0.1) is 21.7 Å². The molecule has 2 atom stereocenters. The van der Waals surface area contributed by atoms with Gasteiger partial charge < -0.3 is 10.2 Å². The lowest BCUT2D eigenvalue weighted by atomic mass is 9.64. The minimum absolute atomic E-state index is 0.0140. The monoisotopic (exact) mass is 433 g/mol. The zero-order valence-corrected chi connectivity index (χ0v) is 20.8. The molecule has 0 aliphatic carbocycles. The van der Waals surface area contributed by atoms with Crippen molar-refractivity contribution in [1.29, 1.82) is 0 Å². The molecule has 0 bridgehead atoms. The molecule has 0 amide bonds. The number of nitrogens with one attached hydrogen (secondary N) is 1. The van der Waals surface area contributed by atoms with Crippen LogP contribution in [0.2, 0.25) is 0 Å². The van der Waals surface area contributed by atoms with Crippen molar-refractivity contribution >= 4 is 18.2 Å². The summed E-state index contributed by atoms with van der Waals surface area (Å²) in [5.74, 6) is 0.761. The van der Waals surface area contributed by atoms with E-state index in [1.54, 1.807) is 0 Å². The summed E-state index contributed by atoms with van der Waals surface area (Å²) in [6.07, 6.45) is 16.6. The molecular weight excluding hydrogens is 394 g/mol. The van der Waals surface area contributed by atoms with Crippen molar-refractivity contribution in [3.8, 4) is 0 Å². The van der Waals surface area contributed by atoms with Crippen molar-refractivity contribution in [1.82, 2.24) is 5.32 Å². The number of hydrogen-bond donors (Lipinski definition) is 1. The van der Waals surface area contributed by atoms with E-state index >= 15 is 0 Å². The molecule has 0 radical (unpaired) electrons. The van der Waals surface area contributed by atoms with Gasteiger partial charge in [0.2, 0.25) is 0 Å². The molecule has 32 heavy (non-hydrogen) atoms. The van der Waals surface area contributed by atoms with Gasteiger partial charge in [0.05, 0.1) is 6.21 Å². The minimum atomic E-state index is -0.152. The van der Waals surface area contributed by atoms with Gasteiger partial charge in [-0.15, -0.1) is 0 Å². The summed E-state index contributed by atoms with van der Waals surface area (Å²) < 4.78 is 0. The Morgan fingerprint density at radius 3 is 2.34 bits per heavy atom. The highest BCUT2D eigenvalue weighted by molar-refractivity contribution is 5.72. The Morgan fingerprint density at radius 2 is 1.66 bits per heavy atom. The van der Waals surface area contributed by atoms with E-state index in [2.05, 4.69) is 113 Å². The van der Waals surface area contributed by atoms with Crippen molar-refractivity contribution in [3.05, 3.63) is 65.9 Å².